The molecule has 1 amide bonds. The number of ether oxygens (including phenoxy) is 1. The molecular formula is C22H24N4O2S. The van der Waals surface area contributed by atoms with Crippen molar-refractivity contribution in [1.29, 1.82) is 0 Å². The Morgan fingerprint density at radius 2 is 2.00 bits per heavy atom. The largest absolute Gasteiger partial charge is 0.490 e. The number of carbonyl (C=O) groups is 1. The molecule has 6 nitrogen and oxygen atoms in total. The number of hydrogen-bond acceptors (Lipinski definition) is 4. The van der Waals surface area contributed by atoms with Crippen LogP contribution in [0, 0.1) is 11.7 Å². The summed E-state index contributed by atoms with van der Waals surface area (Å²) in [6.45, 7) is 2.10. The summed E-state index contributed by atoms with van der Waals surface area (Å²) in [6.07, 6.45) is 4.90. The van der Waals surface area contributed by atoms with Crippen LogP contribution in [0.1, 0.15) is 31.2 Å². The van der Waals surface area contributed by atoms with Crippen molar-refractivity contribution in [3.63, 3.8) is 0 Å². The van der Waals surface area contributed by atoms with E-state index in [2.05, 4.69) is 15.5 Å². The van der Waals surface area contributed by atoms with Gasteiger partial charge in [0.25, 0.3) is 0 Å². The normalized spacial score (nSPS) is 14.1. The number of amides is 1. The van der Waals surface area contributed by atoms with E-state index in [0.29, 0.717) is 16.3 Å². The van der Waals surface area contributed by atoms with E-state index < -0.39 is 0 Å². The summed E-state index contributed by atoms with van der Waals surface area (Å²) in [7, 11) is 0. The molecule has 1 aromatic heterocycles. The Labute approximate surface area is 174 Å². The summed E-state index contributed by atoms with van der Waals surface area (Å²) in [5, 5.41) is 10.0. The highest BCUT2D eigenvalue weighted by Crippen LogP contribution is 2.26. The fraction of sp³-hybridized carbons (Fsp3) is 0.318. The zero-order valence-corrected chi connectivity index (χ0v) is 17.2. The Hall–Kier alpha value is -2.93. The number of aromatic amines is 1. The van der Waals surface area contributed by atoms with Crippen LogP contribution in [-0.2, 0) is 11.3 Å². The summed E-state index contributed by atoms with van der Waals surface area (Å²) in [6, 6.07) is 15.5. The molecule has 2 aromatic carbocycles. The van der Waals surface area contributed by atoms with E-state index in [0.717, 1.165) is 29.7 Å². The molecule has 150 valence electrons. The number of aryl methyl sites for hydroxylation is 1. The quantitative estimate of drug-likeness (QED) is 0.571. The summed E-state index contributed by atoms with van der Waals surface area (Å²) in [4.78, 5) is 12.7. The van der Waals surface area contributed by atoms with E-state index in [4.69, 9.17) is 17.0 Å². The molecule has 4 rings (SSSR count). The Bertz CT molecular complexity index is 1050. The monoisotopic (exact) mass is 408 g/mol. The number of carbonyl (C=O) groups excluding carboxylic acids is 1. The lowest BCUT2D eigenvalue weighted by molar-refractivity contribution is -0.116. The van der Waals surface area contributed by atoms with Gasteiger partial charge >= 0.3 is 0 Å². The van der Waals surface area contributed by atoms with Crippen LogP contribution in [0.25, 0.3) is 11.4 Å². The average molecular weight is 409 g/mol. The van der Waals surface area contributed by atoms with Gasteiger partial charge in [-0.3, -0.25) is 14.5 Å². The summed E-state index contributed by atoms with van der Waals surface area (Å²) in [5.74, 6) is 1.26. The van der Waals surface area contributed by atoms with E-state index in [1.54, 1.807) is 4.57 Å². The molecule has 1 fully saturated rings. The van der Waals surface area contributed by atoms with Crippen LogP contribution in [0.4, 0.5) is 5.69 Å². The first-order valence-electron chi connectivity index (χ1n) is 9.87. The first kappa shape index (κ1) is 19.4. The van der Waals surface area contributed by atoms with Gasteiger partial charge in [0.1, 0.15) is 12.3 Å². The van der Waals surface area contributed by atoms with Gasteiger partial charge in [0, 0.05) is 17.3 Å². The molecule has 0 aliphatic heterocycles. The van der Waals surface area contributed by atoms with Gasteiger partial charge in [0.05, 0.1) is 6.10 Å². The molecule has 7 heteroatoms. The van der Waals surface area contributed by atoms with E-state index in [-0.39, 0.29) is 18.6 Å². The summed E-state index contributed by atoms with van der Waals surface area (Å²) in [5.41, 5.74) is 2.77. The number of aromatic nitrogens is 3. The molecule has 0 radical (unpaired) electrons. The summed E-state index contributed by atoms with van der Waals surface area (Å²) < 4.78 is 8.13. The highest BCUT2D eigenvalue weighted by atomic mass is 32.1. The van der Waals surface area contributed by atoms with Crippen LogP contribution in [0.2, 0.25) is 0 Å². The van der Waals surface area contributed by atoms with E-state index in [1.807, 2.05) is 55.5 Å². The maximum absolute atomic E-state index is 12.7. The zero-order chi connectivity index (χ0) is 20.2. The maximum atomic E-state index is 12.7. The van der Waals surface area contributed by atoms with Gasteiger partial charge in [0.2, 0.25) is 5.91 Å². The van der Waals surface area contributed by atoms with Gasteiger partial charge in [-0.15, -0.1) is 0 Å². The van der Waals surface area contributed by atoms with Crippen molar-refractivity contribution >= 4 is 23.8 Å². The number of benzene rings is 2. The lowest BCUT2D eigenvalue weighted by Crippen LogP contribution is -2.19. The SMILES string of the molecule is Cc1ccc(-c2n[nH]c(=S)n2CC(=O)Nc2cccc(OC3CCCC3)c2)cc1. The highest BCUT2D eigenvalue weighted by Gasteiger charge is 2.17. The molecule has 2 N–H and O–H groups in total. The second-order valence-electron chi connectivity index (χ2n) is 7.40. The molecule has 1 aliphatic rings. The van der Waals surface area contributed by atoms with Gasteiger partial charge in [-0.1, -0.05) is 35.9 Å². The minimum absolute atomic E-state index is 0.0756. The Balaban J connectivity index is 1.46. The van der Waals surface area contributed by atoms with Crippen molar-refractivity contribution < 1.29 is 9.53 Å². The highest BCUT2D eigenvalue weighted by molar-refractivity contribution is 7.71. The molecule has 0 bridgehead atoms. The molecule has 3 aromatic rings. The van der Waals surface area contributed by atoms with Crippen molar-refractivity contribution in [3.8, 4) is 17.1 Å². The third-order valence-corrected chi connectivity index (χ3v) is 5.40. The Kier molecular flexibility index (Phi) is 5.76. The number of nitrogens with zero attached hydrogens (tertiary/aromatic N) is 2. The Morgan fingerprint density at radius 1 is 1.24 bits per heavy atom. The minimum atomic E-state index is -0.172. The molecule has 1 saturated carbocycles. The predicted molar refractivity (Wildman–Crippen MR) is 116 cm³/mol. The van der Waals surface area contributed by atoms with Crippen molar-refractivity contribution in [1.82, 2.24) is 14.8 Å². The molecule has 0 atom stereocenters. The third-order valence-electron chi connectivity index (χ3n) is 5.09. The standard InChI is InChI=1S/C22H24N4O2S/c1-15-9-11-16(12-10-15)21-24-25-22(29)26(21)14-20(27)23-17-5-4-8-19(13-17)28-18-6-2-3-7-18/h4-5,8-13,18H,2-3,6-7,14H2,1H3,(H,23,27)(H,25,29). The third kappa shape index (κ3) is 4.74. The van der Waals surface area contributed by atoms with Gasteiger partial charge < -0.3 is 10.1 Å². The predicted octanol–water partition coefficient (Wildman–Crippen LogP) is 4.88. The number of anilines is 1. The number of H-pyrrole nitrogens is 1. The van der Waals surface area contributed by atoms with Crippen LogP contribution < -0.4 is 10.1 Å². The fourth-order valence-corrected chi connectivity index (χ4v) is 3.77. The fourth-order valence-electron chi connectivity index (χ4n) is 3.58. The van der Waals surface area contributed by atoms with E-state index in [1.165, 1.54) is 12.8 Å². The smallest absolute Gasteiger partial charge is 0.244 e. The topological polar surface area (TPSA) is 71.9 Å². The minimum Gasteiger partial charge on any atom is -0.490 e. The first-order chi connectivity index (χ1) is 14.1. The second kappa shape index (κ2) is 8.61. The molecule has 1 heterocycles. The maximum Gasteiger partial charge on any atom is 0.244 e. The van der Waals surface area contributed by atoms with Crippen LogP contribution in [0.5, 0.6) is 5.75 Å². The number of nitrogens with one attached hydrogen (secondary N) is 2. The van der Waals surface area contributed by atoms with Gasteiger partial charge in [-0.25, -0.2) is 0 Å². The molecular weight excluding hydrogens is 384 g/mol. The molecule has 29 heavy (non-hydrogen) atoms. The number of rotatable bonds is 6. The lowest BCUT2D eigenvalue weighted by Gasteiger charge is -2.14. The molecule has 0 spiro atoms. The molecule has 0 unspecified atom stereocenters. The van der Waals surface area contributed by atoms with Crippen molar-refractivity contribution in [2.45, 2.75) is 45.3 Å². The first-order valence-corrected chi connectivity index (χ1v) is 10.3. The van der Waals surface area contributed by atoms with Gasteiger partial charge in [-0.05, 0) is 57.0 Å². The Morgan fingerprint density at radius 3 is 2.76 bits per heavy atom. The average Bonchev–Trinajstić information content (AvgIpc) is 3.33. The molecule has 1 aliphatic carbocycles. The van der Waals surface area contributed by atoms with Crippen LogP contribution in [-0.4, -0.2) is 26.8 Å². The van der Waals surface area contributed by atoms with Gasteiger partial charge in [0.15, 0.2) is 10.6 Å². The van der Waals surface area contributed by atoms with Crippen LogP contribution in [0.15, 0.2) is 48.5 Å². The van der Waals surface area contributed by atoms with E-state index >= 15 is 0 Å². The zero-order valence-electron chi connectivity index (χ0n) is 16.4. The lowest BCUT2D eigenvalue weighted by atomic mass is 10.1. The molecule has 0 saturated heterocycles. The number of hydrogen-bond donors (Lipinski definition) is 2. The van der Waals surface area contributed by atoms with Crippen LogP contribution in [0.3, 0.4) is 0 Å². The second-order valence-corrected chi connectivity index (χ2v) is 7.79. The van der Waals surface area contributed by atoms with Crippen molar-refractivity contribution in [2.75, 3.05) is 5.32 Å². The van der Waals surface area contributed by atoms with Crippen molar-refractivity contribution in [3.05, 3.63) is 58.9 Å². The van der Waals surface area contributed by atoms with Crippen molar-refractivity contribution in [2.24, 2.45) is 0 Å². The summed E-state index contributed by atoms with van der Waals surface area (Å²) >= 11 is 5.33. The van der Waals surface area contributed by atoms with Gasteiger partial charge in [-0.2, -0.15) is 5.10 Å². The van der Waals surface area contributed by atoms with E-state index in [9.17, 15) is 4.79 Å². The van der Waals surface area contributed by atoms with Crippen LogP contribution >= 0.6 is 12.2 Å².